The van der Waals surface area contributed by atoms with Crippen molar-refractivity contribution in [3.63, 3.8) is 0 Å². The monoisotopic (exact) mass is 249 g/mol. The van der Waals surface area contributed by atoms with E-state index in [-0.39, 0.29) is 0 Å². The Bertz CT molecular complexity index is 343. The molecule has 5 heteroatoms. The summed E-state index contributed by atoms with van der Waals surface area (Å²) in [7, 11) is 0. The molecule has 18 heavy (non-hydrogen) atoms. The topological polar surface area (TPSA) is 53.1 Å². The maximum atomic E-state index is 4.21. The highest BCUT2D eigenvalue weighted by atomic mass is 15.2. The molecule has 2 rings (SSSR count). The summed E-state index contributed by atoms with van der Waals surface area (Å²) < 4.78 is 0. The molecule has 5 nitrogen and oxygen atoms in total. The Balaban J connectivity index is 1.72. The highest BCUT2D eigenvalue weighted by Gasteiger charge is 2.08. The molecule has 0 saturated carbocycles. The molecule has 0 spiro atoms. The van der Waals surface area contributed by atoms with Crippen molar-refractivity contribution in [3.05, 3.63) is 17.8 Å². The number of nitrogens with zero attached hydrogens (tertiary/aromatic N) is 3. The van der Waals surface area contributed by atoms with Crippen LogP contribution in [-0.2, 0) is 0 Å². The normalized spacial score (nSPS) is 17.1. The first kappa shape index (κ1) is 13.2. The SMILES string of the molecule is CC(C)c1ccc(NCCN2CCNCC2)nn1. The molecule has 1 fully saturated rings. The molecule has 1 aliphatic heterocycles. The smallest absolute Gasteiger partial charge is 0.148 e. The van der Waals surface area contributed by atoms with Gasteiger partial charge in [0.2, 0.25) is 0 Å². The number of hydrogen-bond acceptors (Lipinski definition) is 5. The van der Waals surface area contributed by atoms with Crippen LogP contribution in [0.4, 0.5) is 5.82 Å². The summed E-state index contributed by atoms with van der Waals surface area (Å²) in [6, 6.07) is 4.06. The van der Waals surface area contributed by atoms with E-state index in [2.05, 4.69) is 39.6 Å². The van der Waals surface area contributed by atoms with E-state index in [4.69, 9.17) is 0 Å². The van der Waals surface area contributed by atoms with E-state index >= 15 is 0 Å². The second kappa shape index (κ2) is 6.66. The van der Waals surface area contributed by atoms with E-state index in [0.717, 1.165) is 50.8 Å². The molecule has 0 amide bonds. The predicted octanol–water partition coefficient (Wildman–Crippen LogP) is 0.917. The molecular formula is C13H23N5. The van der Waals surface area contributed by atoms with Gasteiger partial charge in [-0.1, -0.05) is 13.8 Å². The number of nitrogens with one attached hydrogen (secondary N) is 2. The highest BCUT2D eigenvalue weighted by Crippen LogP contribution is 2.11. The lowest BCUT2D eigenvalue weighted by Gasteiger charge is -2.27. The molecule has 1 saturated heterocycles. The molecule has 1 aromatic heterocycles. The third-order valence-corrected chi connectivity index (χ3v) is 3.22. The molecule has 2 N–H and O–H groups in total. The predicted molar refractivity (Wildman–Crippen MR) is 73.9 cm³/mol. The molecule has 0 aliphatic carbocycles. The zero-order chi connectivity index (χ0) is 12.8. The van der Waals surface area contributed by atoms with Gasteiger partial charge in [-0.25, -0.2) is 0 Å². The lowest BCUT2D eigenvalue weighted by atomic mass is 10.1. The molecule has 0 atom stereocenters. The summed E-state index contributed by atoms with van der Waals surface area (Å²) in [6.07, 6.45) is 0. The third kappa shape index (κ3) is 3.92. The number of rotatable bonds is 5. The van der Waals surface area contributed by atoms with Gasteiger partial charge >= 0.3 is 0 Å². The van der Waals surface area contributed by atoms with Gasteiger partial charge in [-0.3, -0.25) is 4.90 Å². The average Bonchev–Trinajstić information content (AvgIpc) is 2.40. The average molecular weight is 249 g/mol. The summed E-state index contributed by atoms with van der Waals surface area (Å²) in [5.41, 5.74) is 1.04. The maximum absolute atomic E-state index is 4.21. The van der Waals surface area contributed by atoms with E-state index in [9.17, 15) is 0 Å². The Hall–Kier alpha value is -1.20. The van der Waals surface area contributed by atoms with Crippen LogP contribution in [0, 0.1) is 0 Å². The van der Waals surface area contributed by atoms with Crippen LogP contribution < -0.4 is 10.6 Å². The van der Waals surface area contributed by atoms with Crippen molar-refractivity contribution in [2.45, 2.75) is 19.8 Å². The minimum atomic E-state index is 0.437. The lowest BCUT2D eigenvalue weighted by molar-refractivity contribution is 0.249. The largest absolute Gasteiger partial charge is 0.367 e. The summed E-state index contributed by atoms with van der Waals surface area (Å²) in [5, 5.41) is 15.1. The fourth-order valence-corrected chi connectivity index (χ4v) is 2.02. The van der Waals surface area contributed by atoms with Crippen LogP contribution >= 0.6 is 0 Å². The summed E-state index contributed by atoms with van der Waals surface area (Å²) in [4.78, 5) is 2.46. The van der Waals surface area contributed by atoms with E-state index in [1.807, 2.05) is 12.1 Å². The van der Waals surface area contributed by atoms with E-state index < -0.39 is 0 Å². The molecule has 1 aromatic rings. The van der Waals surface area contributed by atoms with Gasteiger partial charge < -0.3 is 10.6 Å². The van der Waals surface area contributed by atoms with Crippen LogP contribution in [0.1, 0.15) is 25.5 Å². The van der Waals surface area contributed by atoms with Gasteiger partial charge in [-0.2, -0.15) is 5.10 Å². The van der Waals surface area contributed by atoms with Crippen LogP contribution in [0.3, 0.4) is 0 Å². The summed E-state index contributed by atoms with van der Waals surface area (Å²) in [5.74, 6) is 1.31. The van der Waals surface area contributed by atoms with Crippen molar-refractivity contribution in [1.29, 1.82) is 0 Å². The Morgan fingerprint density at radius 1 is 1.28 bits per heavy atom. The molecule has 0 bridgehead atoms. The molecular weight excluding hydrogens is 226 g/mol. The van der Waals surface area contributed by atoms with E-state index in [1.165, 1.54) is 0 Å². The number of piperazine rings is 1. The first-order chi connectivity index (χ1) is 8.75. The van der Waals surface area contributed by atoms with Crippen molar-refractivity contribution < 1.29 is 0 Å². The fourth-order valence-electron chi connectivity index (χ4n) is 2.02. The van der Waals surface area contributed by atoms with Crippen LogP contribution in [0.2, 0.25) is 0 Å². The quantitative estimate of drug-likeness (QED) is 0.812. The minimum Gasteiger partial charge on any atom is -0.367 e. The Morgan fingerprint density at radius 2 is 2.06 bits per heavy atom. The summed E-state index contributed by atoms with van der Waals surface area (Å²) >= 11 is 0. The molecule has 0 radical (unpaired) electrons. The van der Waals surface area contributed by atoms with E-state index in [1.54, 1.807) is 0 Å². The fraction of sp³-hybridized carbons (Fsp3) is 0.692. The zero-order valence-electron chi connectivity index (χ0n) is 11.3. The minimum absolute atomic E-state index is 0.437. The lowest BCUT2D eigenvalue weighted by Crippen LogP contribution is -2.45. The molecule has 0 aromatic carbocycles. The van der Waals surface area contributed by atoms with Crippen LogP contribution in [0.15, 0.2) is 12.1 Å². The highest BCUT2D eigenvalue weighted by molar-refractivity contribution is 5.33. The molecule has 0 unspecified atom stereocenters. The Labute approximate surface area is 109 Å². The van der Waals surface area contributed by atoms with Gasteiger partial charge in [0, 0.05) is 39.3 Å². The van der Waals surface area contributed by atoms with Crippen LogP contribution in [0.5, 0.6) is 0 Å². The zero-order valence-corrected chi connectivity index (χ0v) is 11.3. The molecule has 1 aliphatic rings. The van der Waals surface area contributed by atoms with Crippen molar-refractivity contribution in [2.24, 2.45) is 0 Å². The van der Waals surface area contributed by atoms with Crippen LogP contribution in [0.25, 0.3) is 0 Å². The van der Waals surface area contributed by atoms with Gasteiger partial charge in [0.1, 0.15) is 5.82 Å². The van der Waals surface area contributed by atoms with Gasteiger partial charge in [-0.05, 0) is 18.1 Å². The van der Waals surface area contributed by atoms with Gasteiger partial charge in [-0.15, -0.1) is 5.10 Å². The Morgan fingerprint density at radius 3 is 2.67 bits per heavy atom. The molecule has 2 heterocycles. The van der Waals surface area contributed by atoms with Crippen molar-refractivity contribution in [1.82, 2.24) is 20.4 Å². The van der Waals surface area contributed by atoms with E-state index in [0.29, 0.717) is 5.92 Å². The van der Waals surface area contributed by atoms with Gasteiger partial charge in [0.05, 0.1) is 5.69 Å². The second-order valence-electron chi connectivity index (χ2n) is 5.02. The summed E-state index contributed by atoms with van der Waals surface area (Å²) in [6.45, 7) is 10.7. The van der Waals surface area contributed by atoms with Gasteiger partial charge in [0.25, 0.3) is 0 Å². The standard InChI is InChI=1S/C13H23N5/c1-11(2)12-3-4-13(17-16-12)15-7-10-18-8-5-14-6-9-18/h3-4,11,14H,5-10H2,1-2H3,(H,15,17). The molecule has 100 valence electrons. The first-order valence-corrected chi connectivity index (χ1v) is 6.76. The van der Waals surface area contributed by atoms with Crippen molar-refractivity contribution in [3.8, 4) is 0 Å². The maximum Gasteiger partial charge on any atom is 0.148 e. The number of anilines is 1. The second-order valence-corrected chi connectivity index (χ2v) is 5.02. The van der Waals surface area contributed by atoms with Crippen molar-refractivity contribution in [2.75, 3.05) is 44.6 Å². The van der Waals surface area contributed by atoms with Gasteiger partial charge in [0.15, 0.2) is 0 Å². The number of hydrogen-bond donors (Lipinski definition) is 2. The first-order valence-electron chi connectivity index (χ1n) is 6.76. The van der Waals surface area contributed by atoms with Crippen molar-refractivity contribution >= 4 is 5.82 Å². The van der Waals surface area contributed by atoms with Crippen LogP contribution in [-0.4, -0.2) is 54.4 Å². The third-order valence-electron chi connectivity index (χ3n) is 3.22. The number of aromatic nitrogens is 2. The Kier molecular flexibility index (Phi) is 4.90.